The molecule has 0 fully saturated rings. The Labute approximate surface area is 127 Å². The van der Waals surface area contributed by atoms with Crippen LogP contribution in [0, 0.1) is 17.5 Å². The first-order chi connectivity index (χ1) is 10.5. The van der Waals surface area contributed by atoms with E-state index in [0.717, 1.165) is 6.07 Å². The van der Waals surface area contributed by atoms with E-state index in [-0.39, 0.29) is 18.2 Å². The van der Waals surface area contributed by atoms with Gasteiger partial charge in [-0.25, -0.2) is 13.2 Å². The first kappa shape index (κ1) is 16.5. The van der Waals surface area contributed by atoms with Crippen LogP contribution in [-0.4, -0.2) is 11.7 Å². The second-order valence-corrected chi connectivity index (χ2v) is 5.07. The van der Waals surface area contributed by atoms with Crippen LogP contribution in [0.2, 0.25) is 0 Å². The van der Waals surface area contributed by atoms with E-state index in [1.54, 1.807) is 12.1 Å². The lowest BCUT2D eigenvalue weighted by Crippen LogP contribution is -2.27. The molecule has 0 amide bonds. The van der Waals surface area contributed by atoms with Gasteiger partial charge in [-0.3, -0.25) is 0 Å². The Bertz CT molecular complexity index is 633. The first-order valence-electron chi connectivity index (χ1n) is 7.13. The molecule has 0 aliphatic heterocycles. The third kappa shape index (κ3) is 3.87. The molecular formula is C17H18F3NO. The minimum Gasteiger partial charge on any atom is -0.387 e. The Morgan fingerprint density at radius 3 is 2.36 bits per heavy atom. The summed E-state index contributed by atoms with van der Waals surface area (Å²) in [7, 11) is 0. The van der Waals surface area contributed by atoms with Crippen LogP contribution in [0.3, 0.4) is 0 Å². The molecule has 2 aromatic rings. The molecule has 2 rings (SSSR count). The van der Waals surface area contributed by atoms with Gasteiger partial charge in [0.2, 0.25) is 0 Å². The summed E-state index contributed by atoms with van der Waals surface area (Å²) in [4.78, 5) is 0. The van der Waals surface area contributed by atoms with E-state index >= 15 is 0 Å². The normalized spacial score (nSPS) is 13.9. The SMILES string of the molecule is CCC(NCC(O)c1ccccc1F)c1ccc(F)cc1F. The van der Waals surface area contributed by atoms with Crippen LogP contribution in [0.5, 0.6) is 0 Å². The zero-order valence-corrected chi connectivity index (χ0v) is 12.2. The van der Waals surface area contributed by atoms with Gasteiger partial charge in [-0.15, -0.1) is 0 Å². The fourth-order valence-corrected chi connectivity index (χ4v) is 2.37. The number of nitrogens with one attached hydrogen (secondary N) is 1. The van der Waals surface area contributed by atoms with Gasteiger partial charge >= 0.3 is 0 Å². The van der Waals surface area contributed by atoms with Gasteiger partial charge in [0.1, 0.15) is 17.5 Å². The maximum absolute atomic E-state index is 13.8. The van der Waals surface area contributed by atoms with Crippen LogP contribution >= 0.6 is 0 Å². The summed E-state index contributed by atoms with van der Waals surface area (Å²) in [6.07, 6.45) is -0.495. The van der Waals surface area contributed by atoms with Crippen molar-refractivity contribution in [3.8, 4) is 0 Å². The minimum absolute atomic E-state index is 0.0657. The van der Waals surface area contributed by atoms with Gasteiger partial charge in [0, 0.05) is 29.8 Å². The molecule has 0 aliphatic carbocycles. The lowest BCUT2D eigenvalue weighted by atomic mass is 10.0. The van der Waals surface area contributed by atoms with Crippen molar-refractivity contribution in [1.82, 2.24) is 5.32 Å². The Morgan fingerprint density at radius 1 is 1.00 bits per heavy atom. The number of halogens is 3. The van der Waals surface area contributed by atoms with E-state index in [0.29, 0.717) is 12.0 Å². The molecule has 2 aromatic carbocycles. The lowest BCUT2D eigenvalue weighted by molar-refractivity contribution is 0.164. The Hall–Kier alpha value is -1.85. The number of aliphatic hydroxyl groups is 1. The molecule has 2 atom stereocenters. The minimum atomic E-state index is -1.04. The molecule has 0 spiro atoms. The smallest absolute Gasteiger partial charge is 0.130 e. The quantitative estimate of drug-likeness (QED) is 0.849. The summed E-state index contributed by atoms with van der Waals surface area (Å²) < 4.78 is 40.3. The molecular weight excluding hydrogens is 291 g/mol. The standard InChI is InChI=1S/C17H18F3NO/c1-2-16(12-8-7-11(18)9-15(12)20)21-10-17(22)13-5-3-4-6-14(13)19/h3-9,16-17,21-22H,2,10H2,1H3. The van der Waals surface area contributed by atoms with E-state index in [9.17, 15) is 18.3 Å². The van der Waals surface area contributed by atoms with Gasteiger partial charge in [-0.05, 0) is 18.6 Å². The summed E-state index contributed by atoms with van der Waals surface area (Å²) in [5.74, 6) is -1.76. The predicted octanol–water partition coefficient (Wildman–Crippen LogP) is 3.88. The zero-order chi connectivity index (χ0) is 16.1. The predicted molar refractivity (Wildman–Crippen MR) is 78.8 cm³/mol. The fraction of sp³-hybridized carbons (Fsp3) is 0.294. The molecule has 0 bridgehead atoms. The lowest BCUT2D eigenvalue weighted by Gasteiger charge is -2.21. The number of rotatable bonds is 6. The Balaban J connectivity index is 2.06. The maximum Gasteiger partial charge on any atom is 0.130 e. The van der Waals surface area contributed by atoms with Crippen LogP contribution < -0.4 is 5.32 Å². The topological polar surface area (TPSA) is 32.3 Å². The molecule has 22 heavy (non-hydrogen) atoms. The van der Waals surface area contributed by atoms with Crippen molar-refractivity contribution in [3.05, 3.63) is 71.0 Å². The van der Waals surface area contributed by atoms with Crippen molar-refractivity contribution in [2.45, 2.75) is 25.5 Å². The first-order valence-corrected chi connectivity index (χ1v) is 7.13. The highest BCUT2D eigenvalue weighted by molar-refractivity contribution is 5.23. The van der Waals surface area contributed by atoms with Gasteiger partial charge in [0.25, 0.3) is 0 Å². The highest BCUT2D eigenvalue weighted by atomic mass is 19.1. The Morgan fingerprint density at radius 2 is 1.73 bits per heavy atom. The van der Waals surface area contributed by atoms with E-state index in [2.05, 4.69) is 5.32 Å². The van der Waals surface area contributed by atoms with Crippen LogP contribution in [-0.2, 0) is 0 Å². The molecule has 0 radical (unpaired) electrons. The van der Waals surface area contributed by atoms with Gasteiger partial charge < -0.3 is 10.4 Å². The van der Waals surface area contributed by atoms with Gasteiger partial charge in [-0.1, -0.05) is 31.2 Å². The summed E-state index contributed by atoms with van der Waals surface area (Å²) in [5, 5.41) is 13.0. The van der Waals surface area contributed by atoms with Crippen molar-refractivity contribution in [2.24, 2.45) is 0 Å². The van der Waals surface area contributed by atoms with E-state index < -0.39 is 23.6 Å². The molecule has 0 saturated carbocycles. The molecule has 2 unspecified atom stereocenters. The summed E-state index contributed by atoms with van der Waals surface area (Å²) in [5.41, 5.74) is 0.508. The summed E-state index contributed by atoms with van der Waals surface area (Å²) >= 11 is 0. The molecule has 0 aliphatic rings. The average molecular weight is 309 g/mol. The number of hydrogen-bond acceptors (Lipinski definition) is 2. The largest absolute Gasteiger partial charge is 0.387 e. The van der Waals surface area contributed by atoms with Crippen LogP contribution in [0.25, 0.3) is 0 Å². The summed E-state index contributed by atoms with van der Waals surface area (Å²) in [6.45, 7) is 1.91. The zero-order valence-electron chi connectivity index (χ0n) is 12.2. The molecule has 2 nitrogen and oxygen atoms in total. The molecule has 0 aromatic heterocycles. The molecule has 118 valence electrons. The fourth-order valence-electron chi connectivity index (χ4n) is 2.37. The molecule has 5 heteroatoms. The van der Waals surface area contributed by atoms with Gasteiger partial charge in [0.15, 0.2) is 0 Å². The van der Waals surface area contributed by atoms with Crippen LogP contribution in [0.4, 0.5) is 13.2 Å². The second-order valence-electron chi connectivity index (χ2n) is 5.07. The number of hydrogen-bond donors (Lipinski definition) is 2. The molecule has 0 saturated heterocycles. The molecule has 0 heterocycles. The third-order valence-corrected chi connectivity index (χ3v) is 3.57. The number of benzene rings is 2. The van der Waals surface area contributed by atoms with Gasteiger partial charge in [0.05, 0.1) is 6.10 Å². The number of aliphatic hydroxyl groups excluding tert-OH is 1. The van der Waals surface area contributed by atoms with E-state index in [1.807, 2.05) is 6.92 Å². The van der Waals surface area contributed by atoms with Crippen molar-refractivity contribution in [1.29, 1.82) is 0 Å². The van der Waals surface area contributed by atoms with Crippen molar-refractivity contribution in [3.63, 3.8) is 0 Å². The highest BCUT2D eigenvalue weighted by Gasteiger charge is 2.17. The third-order valence-electron chi connectivity index (χ3n) is 3.57. The van der Waals surface area contributed by atoms with Crippen molar-refractivity contribution < 1.29 is 18.3 Å². The monoisotopic (exact) mass is 309 g/mol. The van der Waals surface area contributed by atoms with Crippen LogP contribution in [0.15, 0.2) is 42.5 Å². The van der Waals surface area contributed by atoms with E-state index in [4.69, 9.17) is 0 Å². The Kier molecular flexibility index (Phi) is 5.57. The second kappa shape index (κ2) is 7.42. The van der Waals surface area contributed by atoms with Crippen molar-refractivity contribution >= 4 is 0 Å². The van der Waals surface area contributed by atoms with Crippen LogP contribution in [0.1, 0.15) is 36.6 Å². The maximum atomic E-state index is 13.8. The molecule has 2 N–H and O–H groups in total. The van der Waals surface area contributed by atoms with E-state index in [1.165, 1.54) is 24.3 Å². The summed E-state index contributed by atoms with van der Waals surface area (Å²) in [6, 6.07) is 8.96. The average Bonchev–Trinajstić information content (AvgIpc) is 2.49. The van der Waals surface area contributed by atoms with Gasteiger partial charge in [-0.2, -0.15) is 0 Å². The van der Waals surface area contributed by atoms with Crippen molar-refractivity contribution in [2.75, 3.05) is 6.54 Å². The highest BCUT2D eigenvalue weighted by Crippen LogP contribution is 2.22.